The van der Waals surface area contributed by atoms with E-state index in [1.165, 1.54) is 17.6 Å². The molecule has 3 rings (SSSR count). The fourth-order valence-electron chi connectivity index (χ4n) is 2.79. The topological polar surface area (TPSA) is 56.7 Å². The minimum absolute atomic E-state index is 0. The maximum atomic E-state index is 13.3. The normalized spacial score (nSPS) is 14.9. The number of halogens is 3. The fraction of sp³-hybridized carbons (Fsp3) is 0.471. The van der Waals surface area contributed by atoms with Gasteiger partial charge in [-0.15, -0.1) is 24.0 Å². The number of aliphatic imine (C=N–C) groups is 1. The third kappa shape index (κ3) is 5.64. The Hall–Kier alpha value is -1.20. The molecule has 1 aliphatic rings. The molecule has 1 saturated heterocycles. The molecule has 1 N–H and O–H groups in total. The van der Waals surface area contributed by atoms with Gasteiger partial charge in [0.1, 0.15) is 11.6 Å². The number of benzene rings is 1. The number of rotatable bonds is 4. The average Bonchev–Trinajstić information content (AvgIpc) is 3.15. The van der Waals surface area contributed by atoms with Crippen molar-refractivity contribution in [2.45, 2.75) is 19.9 Å². The lowest BCUT2D eigenvalue weighted by Gasteiger charge is -2.36. The predicted molar refractivity (Wildman–Crippen MR) is 120 cm³/mol. The number of piperazine rings is 1. The van der Waals surface area contributed by atoms with Crippen LogP contribution in [0.5, 0.6) is 0 Å². The van der Waals surface area contributed by atoms with Crippen molar-refractivity contribution in [2.24, 2.45) is 4.99 Å². The summed E-state index contributed by atoms with van der Waals surface area (Å²) in [5.74, 6) is 1.33. The van der Waals surface area contributed by atoms with Gasteiger partial charge in [-0.3, -0.25) is 4.99 Å². The molecule has 1 aliphatic heterocycles. The zero-order valence-electron chi connectivity index (χ0n) is 15.3. The van der Waals surface area contributed by atoms with Crippen molar-refractivity contribution in [2.75, 3.05) is 38.1 Å². The Balaban J connectivity index is 0.00000261. The smallest absolute Gasteiger partial charge is 0.205 e. The molecule has 6 nitrogen and oxygen atoms in total. The van der Waals surface area contributed by atoms with E-state index in [0.29, 0.717) is 6.54 Å². The second kappa shape index (κ2) is 10.4. The summed E-state index contributed by atoms with van der Waals surface area (Å²) in [6.45, 7) is 6.06. The van der Waals surface area contributed by atoms with E-state index in [9.17, 15) is 4.39 Å². The molecule has 1 aromatic carbocycles. The quantitative estimate of drug-likeness (QED) is 0.377. The molecule has 2 aromatic rings. The zero-order valence-corrected chi connectivity index (χ0v) is 19.2. The van der Waals surface area contributed by atoms with E-state index in [2.05, 4.69) is 36.4 Å². The SMILES string of the molecule is CCc1nsc(N2CCN(C(=NC)NCc3ccc(F)c(Cl)c3)CC2)n1.I. The second-order valence-corrected chi connectivity index (χ2v) is 7.11. The molecular formula is C17H23ClFIN6S. The second-order valence-electron chi connectivity index (χ2n) is 5.97. The van der Waals surface area contributed by atoms with Crippen molar-refractivity contribution in [3.63, 3.8) is 0 Å². The number of hydrogen-bond acceptors (Lipinski definition) is 5. The first-order chi connectivity index (χ1) is 12.6. The molecule has 27 heavy (non-hydrogen) atoms. The number of hydrogen-bond donors (Lipinski definition) is 1. The van der Waals surface area contributed by atoms with Gasteiger partial charge in [-0.1, -0.05) is 24.6 Å². The monoisotopic (exact) mass is 524 g/mol. The van der Waals surface area contributed by atoms with Crippen molar-refractivity contribution in [1.29, 1.82) is 0 Å². The van der Waals surface area contributed by atoms with Gasteiger partial charge in [0.15, 0.2) is 5.96 Å². The minimum atomic E-state index is -0.404. The third-order valence-electron chi connectivity index (χ3n) is 4.27. The molecule has 1 aromatic heterocycles. The van der Waals surface area contributed by atoms with Crippen LogP contribution in [-0.2, 0) is 13.0 Å². The Morgan fingerprint density at radius 2 is 2.07 bits per heavy atom. The lowest BCUT2D eigenvalue weighted by Crippen LogP contribution is -2.52. The van der Waals surface area contributed by atoms with Gasteiger partial charge >= 0.3 is 0 Å². The highest BCUT2D eigenvalue weighted by Gasteiger charge is 2.22. The summed E-state index contributed by atoms with van der Waals surface area (Å²) in [5, 5.41) is 4.45. The lowest BCUT2D eigenvalue weighted by atomic mass is 10.2. The van der Waals surface area contributed by atoms with E-state index in [1.54, 1.807) is 19.2 Å². The van der Waals surface area contributed by atoms with Gasteiger partial charge in [0.2, 0.25) is 5.13 Å². The Bertz CT molecular complexity index is 779. The fourth-order valence-corrected chi connectivity index (χ4v) is 3.79. The molecule has 0 amide bonds. The van der Waals surface area contributed by atoms with Crippen LogP contribution in [0.2, 0.25) is 5.02 Å². The minimum Gasteiger partial charge on any atom is -0.352 e. The molecule has 10 heteroatoms. The number of nitrogens with zero attached hydrogens (tertiary/aromatic N) is 5. The molecule has 1 fully saturated rings. The standard InChI is InChI=1S/C17H22ClFN6S.HI/c1-3-15-22-17(26-23-15)25-8-6-24(7-9-25)16(20-2)21-11-12-4-5-14(19)13(18)10-12;/h4-5,10H,3,6-9,11H2,1-2H3,(H,20,21);1H. The molecule has 0 aliphatic carbocycles. The van der Waals surface area contributed by atoms with Crippen LogP contribution in [0.4, 0.5) is 9.52 Å². The summed E-state index contributed by atoms with van der Waals surface area (Å²) < 4.78 is 17.6. The summed E-state index contributed by atoms with van der Waals surface area (Å²) in [7, 11) is 1.77. The van der Waals surface area contributed by atoms with Gasteiger partial charge in [0.25, 0.3) is 0 Å². The van der Waals surface area contributed by atoms with Crippen LogP contribution in [0.3, 0.4) is 0 Å². The molecule has 0 atom stereocenters. The molecule has 2 heterocycles. The van der Waals surface area contributed by atoms with Crippen LogP contribution in [0.15, 0.2) is 23.2 Å². The van der Waals surface area contributed by atoms with E-state index in [4.69, 9.17) is 11.6 Å². The van der Waals surface area contributed by atoms with E-state index in [0.717, 1.165) is 55.1 Å². The van der Waals surface area contributed by atoms with E-state index in [-0.39, 0.29) is 29.0 Å². The highest BCUT2D eigenvalue weighted by atomic mass is 127. The average molecular weight is 525 g/mol. The first-order valence-electron chi connectivity index (χ1n) is 8.57. The Kier molecular flexibility index (Phi) is 8.49. The van der Waals surface area contributed by atoms with Crippen LogP contribution in [0, 0.1) is 5.82 Å². The Morgan fingerprint density at radius 3 is 2.67 bits per heavy atom. The summed E-state index contributed by atoms with van der Waals surface area (Å²) in [6.07, 6.45) is 0.862. The Morgan fingerprint density at radius 1 is 1.33 bits per heavy atom. The number of anilines is 1. The van der Waals surface area contributed by atoms with Gasteiger partial charge in [-0.2, -0.15) is 4.37 Å². The van der Waals surface area contributed by atoms with Gasteiger partial charge in [-0.25, -0.2) is 9.37 Å². The van der Waals surface area contributed by atoms with Crippen molar-refractivity contribution in [3.8, 4) is 0 Å². The molecule has 148 valence electrons. The maximum Gasteiger partial charge on any atom is 0.205 e. The van der Waals surface area contributed by atoms with Crippen molar-refractivity contribution in [1.82, 2.24) is 19.6 Å². The zero-order chi connectivity index (χ0) is 18.5. The summed E-state index contributed by atoms with van der Waals surface area (Å²) >= 11 is 7.30. The molecular weight excluding hydrogens is 502 g/mol. The van der Waals surface area contributed by atoms with Gasteiger partial charge in [0.05, 0.1) is 5.02 Å². The summed E-state index contributed by atoms with van der Waals surface area (Å²) in [4.78, 5) is 13.4. The van der Waals surface area contributed by atoms with Gasteiger partial charge < -0.3 is 15.1 Å². The van der Waals surface area contributed by atoms with E-state index in [1.807, 2.05) is 0 Å². The first-order valence-corrected chi connectivity index (χ1v) is 9.73. The number of aryl methyl sites for hydroxylation is 1. The van der Waals surface area contributed by atoms with Crippen molar-refractivity contribution < 1.29 is 4.39 Å². The van der Waals surface area contributed by atoms with Crippen LogP contribution in [0.1, 0.15) is 18.3 Å². The van der Waals surface area contributed by atoms with Crippen LogP contribution in [0.25, 0.3) is 0 Å². The molecule has 0 radical (unpaired) electrons. The Labute approximate surface area is 185 Å². The number of guanidine groups is 1. The summed E-state index contributed by atoms with van der Waals surface area (Å²) in [5.41, 5.74) is 0.914. The largest absolute Gasteiger partial charge is 0.352 e. The molecule has 0 unspecified atom stereocenters. The van der Waals surface area contributed by atoms with Crippen LogP contribution < -0.4 is 10.2 Å². The first kappa shape index (κ1) is 22.1. The van der Waals surface area contributed by atoms with Crippen molar-refractivity contribution in [3.05, 3.63) is 40.4 Å². The van der Waals surface area contributed by atoms with Gasteiger partial charge in [0, 0.05) is 57.7 Å². The van der Waals surface area contributed by atoms with Gasteiger partial charge in [-0.05, 0) is 17.7 Å². The molecule has 0 saturated carbocycles. The highest BCUT2D eigenvalue weighted by Crippen LogP contribution is 2.19. The van der Waals surface area contributed by atoms with Crippen molar-refractivity contribution >= 4 is 58.2 Å². The van der Waals surface area contributed by atoms with E-state index < -0.39 is 5.82 Å². The number of aromatic nitrogens is 2. The molecule has 0 spiro atoms. The predicted octanol–water partition coefficient (Wildman–Crippen LogP) is 3.41. The van der Waals surface area contributed by atoms with Crippen LogP contribution >= 0.6 is 47.1 Å². The third-order valence-corrected chi connectivity index (χ3v) is 5.37. The maximum absolute atomic E-state index is 13.3. The summed E-state index contributed by atoms with van der Waals surface area (Å²) in [6, 6.07) is 4.74. The molecule has 0 bridgehead atoms. The highest BCUT2D eigenvalue weighted by molar-refractivity contribution is 14.0. The number of nitrogens with one attached hydrogen (secondary N) is 1. The lowest BCUT2D eigenvalue weighted by molar-refractivity contribution is 0.372. The van der Waals surface area contributed by atoms with Crippen LogP contribution in [-0.4, -0.2) is 53.4 Å². The van der Waals surface area contributed by atoms with E-state index >= 15 is 0 Å².